The third kappa shape index (κ3) is 5.04. The van der Waals surface area contributed by atoms with Gasteiger partial charge in [0.1, 0.15) is 6.42 Å². The lowest BCUT2D eigenvalue weighted by Crippen LogP contribution is -2.22. The molecule has 0 aliphatic heterocycles. The largest absolute Gasteiger partial charge is 0.351 e. The van der Waals surface area contributed by atoms with Crippen LogP contribution in [0.5, 0.6) is 0 Å². The molecular weight excluding hydrogens is 242 g/mol. The summed E-state index contributed by atoms with van der Waals surface area (Å²) in [4.78, 5) is 22.7. The molecule has 0 bridgehead atoms. The lowest BCUT2D eigenvalue weighted by molar-refractivity contribution is -0.120. The number of allylic oxidation sites excluding steroid dienone is 1. The van der Waals surface area contributed by atoms with Gasteiger partial charge in [0.15, 0.2) is 0 Å². The van der Waals surface area contributed by atoms with Crippen molar-refractivity contribution in [3.63, 3.8) is 0 Å². The average molecular weight is 257 g/mol. The molecule has 1 aromatic rings. The molecule has 2 N–H and O–H groups in total. The Bertz CT molecular complexity index is 530. The van der Waals surface area contributed by atoms with Gasteiger partial charge in [-0.25, -0.2) is 0 Å². The summed E-state index contributed by atoms with van der Waals surface area (Å²) in [7, 11) is 0. The third-order valence-electron chi connectivity index (χ3n) is 2.31. The maximum absolute atomic E-state index is 11.5. The van der Waals surface area contributed by atoms with Crippen molar-refractivity contribution in [2.45, 2.75) is 19.9 Å². The van der Waals surface area contributed by atoms with Crippen LogP contribution in [0.15, 0.2) is 36.4 Å². The van der Waals surface area contributed by atoms with Gasteiger partial charge in [0.2, 0.25) is 11.8 Å². The molecule has 0 atom stereocenters. The van der Waals surface area contributed by atoms with Gasteiger partial charge in [-0.2, -0.15) is 5.26 Å². The summed E-state index contributed by atoms with van der Waals surface area (Å²) in [5.41, 5.74) is 1.43. The number of rotatable bonds is 5. The Morgan fingerprint density at radius 1 is 1.37 bits per heavy atom. The van der Waals surface area contributed by atoms with E-state index in [1.54, 1.807) is 37.3 Å². The lowest BCUT2D eigenvalue weighted by atomic mass is 10.1. The molecule has 0 heterocycles. The highest BCUT2D eigenvalue weighted by atomic mass is 16.2. The Morgan fingerprint density at radius 2 is 2.11 bits per heavy atom. The van der Waals surface area contributed by atoms with E-state index in [0.717, 1.165) is 5.56 Å². The first kappa shape index (κ1) is 14.5. The van der Waals surface area contributed by atoms with E-state index in [4.69, 9.17) is 5.26 Å². The van der Waals surface area contributed by atoms with Gasteiger partial charge in [-0.1, -0.05) is 24.3 Å². The molecule has 0 aromatic heterocycles. The van der Waals surface area contributed by atoms with E-state index in [-0.39, 0.29) is 24.8 Å². The molecule has 0 aliphatic carbocycles. The molecule has 0 unspecified atom stereocenters. The normalized spacial score (nSPS) is 9.89. The van der Waals surface area contributed by atoms with Crippen LogP contribution in [-0.4, -0.2) is 11.8 Å². The molecule has 0 spiro atoms. The van der Waals surface area contributed by atoms with E-state index in [0.29, 0.717) is 5.69 Å². The number of hydrogen-bond donors (Lipinski definition) is 2. The number of anilines is 1. The Balaban J connectivity index is 2.71. The molecule has 0 fully saturated rings. The Morgan fingerprint density at radius 3 is 2.79 bits per heavy atom. The van der Waals surface area contributed by atoms with Crippen LogP contribution >= 0.6 is 0 Å². The van der Waals surface area contributed by atoms with Crippen molar-refractivity contribution in [3.8, 4) is 6.07 Å². The van der Waals surface area contributed by atoms with E-state index in [1.807, 2.05) is 6.07 Å². The molecule has 0 aliphatic rings. The molecule has 0 saturated heterocycles. The van der Waals surface area contributed by atoms with Gasteiger partial charge >= 0.3 is 0 Å². The number of nitrogens with zero attached hydrogens (tertiary/aromatic N) is 1. The first-order chi connectivity index (χ1) is 9.17. The lowest BCUT2D eigenvalue weighted by Gasteiger charge is -2.10. The SMILES string of the molecule is C/C=C/C(=O)Nc1ccccc1CNC(=O)CC#N. The topological polar surface area (TPSA) is 82.0 Å². The highest BCUT2D eigenvalue weighted by molar-refractivity contribution is 5.99. The van der Waals surface area contributed by atoms with Gasteiger partial charge in [-0.3, -0.25) is 9.59 Å². The fraction of sp³-hybridized carbons (Fsp3) is 0.214. The van der Waals surface area contributed by atoms with Gasteiger partial charge < -0.3 is 10.6 Å². The predicted octanol–water partition coefficient (Wildman–Crippen LogP) is 1.73. The van der Waals surface area contributed by atoms with Crippen LogP contribution < -0.4 is 10.6 Å². The first-order valence-electron chi connectivity index (χ1n) is 5.82. The fourth-order valence-corrected chi connectivity index (χ4v) is 1.45. The van der Waals surface area contributed by atoms with E-state index < -0.39 is 0 Å². The molecule has 0 radical (unpaired) electrons. The number of para-hydroxylation sites is 1. The highest BCUT2D eigenvalue weighted by Gasteiger charge is 2.05. The molecule has 2 amide bonds. The standard InChI is InChI=1S/C14H15N3O2/c1-2-5-14(19)17-12-7-4-3-6-11(12)10-16-13(18)8-9-15/h2-7H,8,10H2,1H3,(H,16,18)(H,17,19)/b5-2+. The van der Waals surface area contributed by atoms with Crippen LogP contribution in [0.2, 0.25) is 0 Å². The van der Waals surface area contributed by atoms with Gasteiger partial charge in [0.05, 0.1) is 6.07 Å². The quantitative estimate of drug-likeness (QED) is 0.788. The van der Waals surface area contributed by atoms with Crippen LogP contribution in [0.3, 0.4) is 0 Å². The molecular formula is C14H15N3O2. The zero-order chi connectivity index (χ0) is 14.1. The van der Waals surface area contributed by atoms with Crippen LogP contribution in [0.25, 0.3) is 0 Å². The second-order valence-electron chi connectivity index (χ2n) is 3.76. The van der Waals surface area contributed by atoms with Crippen LogP contribution in [0.4, 0.5) is 5.69 Å². The third-order valence-corrected chi connectivity index (χ3v) is 2.31. The summed E-state index contributed by atoms with van der Waals surface area (Å²) in [5.74, 6) is -0.560. The smallest absolute Gasteiger partial charge is 0.248 e. The van der Waals surface area contributed by atoms with Crippen molar-refractivity contribution in [2.75, 3.05) is 5.32 Å². The summed E-state index contributed by atoms with van der Waals surface area (Å²) in [6.45, 7) is 2.03. The number of benzene rings is 1. The van der Waals surface area contributed by atoms with Crippen LogP contribution in [-0.2, 0) is 16.1 Å². The minimum atomic E-state index is -0.336. The van der Waals surface area contributed by atoms with Crippen molar-refractivity contribution in [2.24, 2.45) is 0 Å². The van der Waals surface area contributed by atoms with Gasteiger partial charge in [-0.15, -0.1) is 0 Å². The number of amides is 2. The summed E-state index contributed by atoms with van der Waals surface area (Å²) < 4.78 is 0. The summed E-state index contributed by atoms with van der Waals surface area (Å²) in [6, 6.07) is 8.95. The van der Waals surface area contributed by atoms with Crippen molar-refractivity contribution < 1.29 is 9.59 Å². The highest BCUT2D eigenvalue weighted by Crippen LogP contribution is 2.14. The summed E-state index contributed by atoms with van der Waals surface area (Å²) >= 11 is 0. The average Bonchev–Trinajstić information content (AvgIpc) is 2.38. The Kier molecular flexibility index (Phi) is 5.83. The van der Waals surface area contributed by atoms with E-state index in [9.17, 15) is 9.59 Å². The van der Waals surface area contributed by atoms with Crippen molar-refractivity contribution in [1.82, 2.24) is 5.32 Å². The number of carbonyl (C=O) groups is 2. The minimum Gasteiger partial charge on any atom is -0.351 e. The Labute approximate surface area is 111 Å². The van der Waals surface area contributed by atoms with Crippen molar-refractivity contribution in [3.05, 3.63) is 42.0 Å². The first-order valence-corrected chi connectivity index (χ1v) is 5.82. The minimum absolute atomic E-state index is 0.174. The summed E-state index contributed by atoms with van der Waals surface area (Å²) in [6.07, 6.45) is 2.89. The van der Waals surface area contributed by atoms with Crippen LogP contribution in [0, 0.1) is 11.3 Å². The zero-order valence-corrected chi connectivity index (χ0v) is 10.6. The molecule has 98 valence electrons. The second-order valence-corrected chi connectivity index (χ2v) is 3.76. The van der Waals surface area contributed by atoms with E-state index >= 15 is 0 Å². The zero-order valence-electron chi connectivity index (χ0n) is 10.6. The van der Waals surface area contributed by atoms with Gasteiger partial charge in [0, 0.05) is 12.2 Å². The molecule has 5 nitrogen and oxygen atoms in total. The number of nitrogens with one attached hydrogen (secondary N) is 2. The maximum Gasteiger partial charge on any atom is 0.248 e. The van der Waals surface area contributed by atoms with Crippen molar-refractivity contribution >= 4 is 17.5 Å². The predicted molar refractivity (Wildman–Crippen MR) is 72.0 cm³/mol. The number of nitriles is 1. The summed E-state index contributed by atoms with van der Waals surface area (Å²) in [5, 5.41) is 13.7. The molecule has 19 heavy (non-hydrogen) atoms. The molecule has 1 rings (SSSR count). The second kappa shape index (κ2) is 7.67. The number of hydrogen-bond acceptors (Lipinski definition) is 3. The van der Waals surface area contributed by atoms with E-state index in [1.165, 1.54) is 6.08 Å². The number of carbonyl (C=O) groups excluding carboxylic acids is 2. The van der Waals surface area contributed by atoms with Gasteiger partial charge in [0.25, 0.3) is 0 Å². The van der Waals surface area contributed by atoms with E-state index in [2.05, 4.69) is 10.6 Å². The monoisotopic (exact) mass is 257 g/mol. The molecule has 0 saturated carbocycles. The van der Waals surface area contributed by atoms with Gasteiger partial charge in [-0.05, 0) is 24.6 Å². The van der Waals surface area contributed by atoms with Crippen LogP contribution in [0.1, 0.15) is 18.9 Å². The van der Waals surface area contributed by atoms with Crippen molar-refractivity contribution in [1.29, 1.82) is 5.26 Å². The fourth-order valence-electron chi connectivity index (χ4n) is 1.45. The molecule has 1 aromatic carbocycles. The maximum atomic E-state index is 11.5. The molecule has 5 heteroatoms. The Hall–Kier alpha value is -2.61.